The van der Waals surface area contributed by atoms with E-state index >= 15 is 0 Å². The minimum Gasteiger partial charge on any atom is -0.444 e. The van der Waals surface area contributed by atoms with E-state index in [4.69, 9.17) is 10.5 Å². The van der Waals surface area contributed by atoms with Gasteiger partial charge in [-0.05, 0) is 62.6 Å². The van der Waals surface area contributed by atoms with Crippen LogP contribution in [0.4, 0.5) is 9.18 Å². The van der Waals surface area contributed by atoms with Gasteiger partial charge in [0.05, 0.1) is 0 Å². The van der Waals surface area contributed by atoms with Gasteiger partial charge in [-0.3, -0.25) is 4.90 Å². The van der Waals surface area contributed by atoms with Crippen molar-refractivity contribution in [2.24, 2.45) is 5.73 Å². The number of halogens is 1. The van der Waals surface area contributed by atoms with Crippen LogP contribution in [0.5, 0.6) is 0 Å². The molecular weight excluding hydrogens is 405 g/mol. The molecule has 2 aromatic carbocycles. The molecule has 2 aromatic rings. The summed E-state index contributed by atoms with van der Waals surface area (Å²) in [6.07, 6.45) is -0.257. The summed E-state index contributed by atoms with van der Waals surface area (Å²) in [6.45, 7) is 15.0. The molecule has 176 valence electrons. The topological polar surface area (TPSA) is 58.8 Å². The quantitative estimate of drug-likeness (QED) is 0.686. The van der Waals surface area contributed by atoms with E-state index in [-0.39, 0.29) is 18.0 Å². The summed E-state index contributed by atoms with van der Waals surface area (Å²) in [7, 11) is 0. The zero-order valence-corrected chi connectivity index (χ0v) is 20.3. The fourth-order valence-corrected chi connectivity index (χ4v) is 3.78. The van der Waals surface area contributed by atoms with E-state index in [1.54, 1.807) is 11.0 Å². The van der Waals surface area contributed by atoms with E-state index in [1.165, 1.54) is 6.07 Å². The van der Waals surface area contributed by atoms with Crippen LogP contribution < -0.4 is 5.73 Å². The highest BCUT2D eigenvalue weighted by Gasteiger charge is 2.30. The summed E-state index contributed by atoms with van der Waals surface area (Å²) >= 11 is 0. The Morgan fingerprint density at radius 1 is 1.12 bits per heavy atom. The Hall–Kier alpha value is -2.44. The highest BCUT2D eigenvalue weighted by Crippen LogP contribution is 2.26. The van der Waals surface area contributed by atoms with Crippen LogP contribution in [0.15, 0.2) is 42.5 Å². The van der Waals surface area contributed by atoms with Gasteiger partial charge in [0, 0.05) is 44.3 Å². The predicted molar refractivity (Wildman–Crippen MR) is 129 cm³/mol. The fraction of sp³-hybridized carbons (Fsp3) is 0.500. The Morgan fingerprint density at radius 2 is 1.84 bits per heavy atom. The molecule has 0 spiro atoms. The monoisotopic (exact) mass is 443 g/mol. The minimum absolute atomic E-state index is 0.0652. The van der Waals surface area contributed by atoms with E-state index in [0.717, 1.165) is 36.3 Å². The van der Waals surface area contributed by atoms with E-state index in [9.17, 15) is 9.18 Å². The molecule has 3 rings (SSSR count). The largest absolute Gasteiger partial charge is 0.444 e. The van der Waals surface area contributed by atoms with Crippen LogP contribution in [-0.4, -0.2) is 47.2 Å². The fourth-order valence-electron chi connectivity index (χ4n) is 3.78. The van der Waals surface area contributed by atoms with Gasteiger partial charge in [-0.25, -0.2) is 9.18 Å². The van der Waals surface area contributed by atoms with Gasteiger partial charge in [0.15, 0.2) is 0 Å². The van der Waals surface area contributed by atoms with Crippen molar-refractivity contribution in [3.8, 4) is 11.1 Å². The maximum absolute atomic E-state index is 14.4. The third kappa shape index (κ3) is 7.04. The summed E-state index contributed by atoms with van der Waals surface area (Å²) < 4.78 is 19.9. The molecule has 1 heterocycles. The maximum Gasteiger partial charge on any atom is 0.410 e. The van der Waals surface area contributed by atoms with Crippen molar-refractivity contribution in [2.45, 2.75) is 66.3 Å². The molecule has 0 bridgehead atoms. The number of carbonyl (C=O) groups is 1. The van der Waals surface area contributed by atoms with Crippen LogP contribution in [0.3, 0.4) is 0 Å². The summed E-state index contributed by atoms with van der Waals surface area (Å²) in [4.78, 5) is 16.5. The molecule has 6 heteroatoms. The molecule has 1 aliphatic rings. The first-order valence-corrected chi connectivity index (χ1v) is 11.5. The average Bonchev–Trinajstić information content (AvgIpc) is 2.74. The first-order chi connectivity index (χ1) is 15.2. The number of hydrogen-bond acceptors (Lipinski definition) is 4. The molecule has 5 nitrogen and oxygen atoms in total. The second-order valence-corrected chi connectivity index (χ2v) is 8.98. The zero-order valence-electron chi connectivity index (χ0n) is 20.3. The molecule has 0 saturated carbocycles. The number of benzene rings is 2. The molecule has 1 saturated heterocycles. The highest BCUT2D eigenvalue weighted by atomic mass is 19.1. The molecular formula is C26H38FN3O2. The van der Waals surface area contributed by atoms with Gasteiger partial charge >= 0.3 is 6.09 Å². The van der Waals surface area contributed by atoms with Crippen molar-refractivity contribution in [1.29, 1.82) is 0 Å². The Labute approximate surface area is 192 Å². The number of nitrogens with zero attached hydrogens (tertiary/aromatic N) is 2. The lowest BCUT2D eigenvalue weighted by Gasteiger charge is -2.40. The molecule has 32 heavy (non-hydrogen) atoms. The van der Waals surface area contributed by atoms with Gasteiger partial charge in [-0.1, -0.05) is 38.1 Å². The number of carbonyl (C=O) groups excluding carboxylic acids is 1. The standard InChI is InChI=1S/C24H32FN3O2.C2H6/c1-17-15-27(10-11-28(17)23(29)30-24(2,3)4)16-19-6-5-7-20(12-19)21-13-18(14-26)8-9-22(21)25;1-2/h5-9,12-13,17H,10-11,14-16,26H2,1-4H3;1-2H3/t17-;/m0./s1. The Bertz CT molecular complexity index is 895. The second kappa shape index (κ2) is 11.4. The van der Waals surface area contributed by atoms with Crippen LogP contribution in [0, 0.1) is 5.82 Å². The molecule has 0 aromatic heterocycles. The molecule has 1 aliphatic heterocycles. The van der Waals surface area contributed by atoms with Crippen LogP contribution in [-0.2, 0) is 17.8 Å². The van der Waals surface area contributed by atoms with E-state index in [0.29, 0.717) is 18.7 Å². The second-order valence-electron chi connectivity index (χ2n) is 8.98. The Balaban J connectivity index is 0.00000176. The molecule has 2 N–H and O–H groups in total. The number of piperazine rings is 1. The SMILES string of the molecule is CC.C[C@H]1CN(Cc2cccc(-c3cc(CN)ccc3F)c2)CCN1C(=O)OC(C)(C)C. The van der Waals surface area contributed by atoms with Gasteiger partial charge < -0.3 is 15.4 Å². The average molecular weight is 444 g/mol. The molecule has 0 unspecified atom stereocenters. The summed E-state index contributed by atoms with van der Waals surface area (Å²) in [5.41, 5.74) is 8.66. The van der Waals surface area contributed by atoms with Crippen LogP contribution in [0.1, 0.15) is 52.7 Å². The summed E-state index contributed by atoms with van der Waals surface area (Å²) in [6, 6.07) is 13.0. The van der Waals surface area contributed by atoms with E-state index in [1.807, 2.05) is 65.8 Å². The molecule has 1 fully saturated rings. The van der Waals surface area contributed by atoms with Crippen molar-refractivity contribution in [1.82, 2.24) is 9.80 Å². The lowest BCUT2D eigenvalue weighted by atomic mass is 10.00. The van der Waals surface area contributed by atoms with Crippen LogP contribution in [0.2, 0.25) is 0 Å². The normalized spacial score (nSPS) is 16.9. The van der Waals surface area contributed by atoms with Crippen molar-refractivity contribution >= 4 is 6.09 Å². The Morgan fingerprint density at radius 3 is 2.47 bits per heavy atom. The number of nitrogens with two attached hydrogens (primary N) is 1. The Kier molecular flexibility index (Phi) is 9.22. The van der Waals surface area contributed by atoms with Gasteiger partial charge in [0.2, 0.25) is 0 Å². The van der Waals surface area contributed by atoms with E-state index in [2.05, 4.69) is 11.0 Å². The third-order valence-electron chi connectivity index (χ3n) is 5.25. The van der Waals surface area contributed by atoms with Crippen LogP contribution in [0.25, 0.3) is 11.1 Å². The summed E-state index contributed by atoms with van der Waals surface area (Å²) in [5.74, 6) is -0.246. The minimum atomic E-state index is -0.495. The van der Waals surface area contributed by atoms with Crippen LogP contribution >= 0.6 is 0 Å². The first-order valence-electron chi connectivity index (χ1n) is 11.5. The number of ether oxygens (including phenoxy) is 1. The van der Waals surface area contributed by atoms with Crippen molar-refractivity contribution in [3.63, 3.8) is 0 Å². The van der Waals surface area contributed by atoms with Crippen molar-refractivity contribution in [2.75, 3.05) is 19.6 Å². The maximum atomic E-state index is 14.4. The lowest BCUT2D eigenvalue weighted by Crippen LogP contribution is -2.54. The van der Waals surface area contributed by atoms with Gasteiger partial charge in [0.1, 0.15) is 11.4 Å². The predicted octanol–water partition coefficient (Wildman–Crippen LogP) is 5.42. The summed E-state index contributed by atoms with van der Waals surface area (Å²) in [5, 5.41) is 0. The molecule has 1 atom stereocenters. The van der Waals surface area contributed by atoms with Gasteiger partial charge in [-0.15, -0.1) is 0 Å². The highest BCUT2D eigenvalue weighted by molar-refractivity contribution is 5.68. The smallest absolute Gasteiger partial charge is 0.410 e. The number of amides is 1. The van der Waals surface area contributed by atoms with Crippen molar-refractivity contribution < 1.29 is 13.9 Å². The third-order valence-corrected chi connectivity index (χ3v) is 5.25. The first kappa shape index (κ1) is 25.8. The zero-order chi connectivity index (χ0) is 23.9. The number of hydrogen-bond donors (Lipinski definition) is 1. The van der Waals surface area contributed by atoms with Crippen molar-refractivity contribution in [3.05, 3.63) is 59.4 Å². The van der Waals surface area contributed by atoms with E-state index < -0.39 is 5.60 Å². The lowest BCUT2D eigenvalue weighted by molar-refractivity contribution is 0.000563. The van der Waals surface area contributed by atoms with Gasteiger partial charge in [0.25, 0.3) is 0 Å². The molecule has 1 amide bonds. The molecule has 0 aliphatic carbocycles. The molecule has 0 radical (unpaired) electrons. The number of rotatable bonds is 4. The van der Waals surface area contributed by atoms with Gasteiger partial charge in [-0.2, -0.15) is 0 Å².